The Morgan fingerprint density at radius 2 is 1.81 bits per heavy atom. The van der Waals surface area contributed by atoms with Crippen LogP contribution in [-0.2, 0) is 37.7 Å². The monoisotopic (exact) mass is 407 g/mol. The summed E-state index contributed by atoms with van der Waals surface area (Å²) in [4.78, 5) is 11.5. The fourth-order valence-corrected chi connectivity index (χ4v) is 5.39. The third kappa shape index (κ3) is 3.26. The number of nitrogens with one attached hydrogen (secondary N) is 2. The first-order chi connectivity index (χ1) is 12.6. The van der Waals surface area contributed by atoms with Gasteiger partial charge in [-0.2, -0.15) is 0 Å². The van der Waals surface area contributed by atoms with Crippen LogP contribution in [0.2, 0.25) is 0 Å². The van der Waals surface area contributed by atoms with E-state index in [0.29, 0.717) is 29.9 Å². The molecular weight excluding hydrogens is 390 g/mol. The minimum Gasteiger partial charge on any atom is -0.326 e. The van der Waals surface area contributed by atoms with Crippen LogP contribution in [0.15, 0.2) is 41.3 Å². The van der Waals surface area contributed by atoms with Gasteiger partial charge in [-0.05, 0) is 47.9 Å². The van der Waals surface area contributed by atoms with Crippen LogP contribution in [0.3, 0.4) is 0 Å². The summed E-state index contributed by atoms with van der Waals surface area (Å²) in [5, 5.41) is 2.66. The van der Waals surface area contributed by atoms with Crippen molar-refractivity contribution in [3.05, 3.63) is 47.5 Å². The maximum absolute atomic E-state index is 12.7. The molecule has 27 heavy (non-hydrogen) atoms. The van der Waals surface area contributed by atoms with E-state index in [-0.39, 0.29) is 22.9 Å². The van der Waals surface area contributed by atoms with Crippen molar-refractivity contribution in [2.24, 2.45) is 0 Å². The van der Waals surface area contributed by atoms with Gasteiger partial charge in [-0.3, -0.25) is 13.8 Å². The van der Waals surface area contributed by atoms with Crippen LogP contribution in [0.1, 0.15) is 11.1 Å². The van der Waals surface area contributed by atoms with Gasteiger partial charge in [-0.25, -0.2) is 16.8 Å². The van der Waals surface area contributed by atoms with Crippen molar-refractivity contribution in [1.29, 1.82) is 0 Å². The number of anilines is 3. The van der Waals surface area contributed by atoms with Gasteiger partial charge < -0.3 is 5.32 Å². The zero-order valence-corrected chi connectivity index (χ0v) is 16.0. The zero-order chi connectivity index (χ0) is 19.4. The number of sulfonamides is 2. The number of rotatable bonds is 4. The Balaban J connectivity index is 1.65. The summed E-state index contributed by atoms with van der Waals surface area (Å²) >= 11 is 0. The van der Waals surface area contributed by atoms with Gasteiger partial charge in [-0.1, -0.05) is 6.07 Å². The molecule has 0 aliphatic carbocycles. The molecule has 4 rings (SSSR count). The van der Waals surface area contributed by atoms with E-state index in [4.69, 9.17) is 0 Å². The highest BCUT2D eigenvalue weighted by Crippen LogP contribution is 2.33. The average Bonchev–Trinajstić information content (AvgIpc) is 3.14. The second-order valence-corrected chi connectivity index (χ2v) is 10.2. The molecule has 2 aromatic rings. The van der Waals surface area contributed by atoms with Crippen LogP contribution in [0.5, 0.6) is 0 Å². The van der Waals surface area contributed by atoms with E-state index in [1.54, 1.807) is 18.2 Å². The van der Waals surface area contributed by atoms with Crippen LogP contribution < -0.4 is 14.3 Å². The normalized spacial score (nSPS) is 16.0. The van der Waals surface area contributed by atoms with E-state index in [2.05, 4.69) is 10.0 Å². The molecule has 0 fully saturated rings. The third-order valence-corrected chi connectivity index (χ3v) is 7.16. The molecule has 2 N–H and O–H groups in total. The highest BCUT2D eigenvalue weighted by molar-refractivity contribution is 7.92. The van der Waals surface area contributed by atoms with Crippen molar-refractivity contribution in [2.45, 2.75) is 17.7 Å². The summed E-state index contributed by atoms with van der Waals surface area (Å²) in [6.07, 6.45) is 1.85. The van der Waals surface area contributed by atoms with Crippen LogP contribution >= 0.6 is 0 Å². The number of nitrogens with zero attached hydrogens (tertiary/aromatic N) is 1. The number of fused-ring (bicyclic) bond motifs is 2. The van der Waals surface area contributed by atoms with Gasteiger partial charge in [0.1, 0.15) is 0 Å². The lowest BCUT2D eigenvalue weighted by Gasteiger charge is -2.17. The standard InChI is InChI=1S/C17H17N3O5S2/c1-26(22,23)20-7-6-11-2-3-13(10-16(11)20)19-27(24,25)14-4-5-15-12(8-14)9-17(21)18-15/h2-5,8,10,19H,6-7,9H2,1H3,(H,18,21). The van der Waals surface area contributed by atoms with Crippen LogP contribution in [0.25, 0.3) is 0 Å². The highest BCUT2D eigenvalue weighted by atomic mass is 32.2. The molecule has 2 heterocycles. The lowest BCUT2D eigenvalue weighted by molar-refractivity contribution is -0.115. The Bertz CT molecular complexity index is 1170. The van der Waals surface area contributed by atoms with E-state index in [9.17, 15) is 21.6 Å². The minimum atomic E-state index is -3.88. The molecule has 0 unspecified atom stereocenters. The van der Waals surface area contributed by atoms with Crippen LogP contribution in [-0.4, -0.2) is 35.5 Å². The van der Waals surface area contributed by atoms with Gasteiger partial charge in [0.2, 0.25) is 15.9 Å². The number of benzene rings is 2. The maximum atomic E-state index is 12.7. The molecule has 2 aliphatic rings. The number of carbonyl (C=O) groups excluding carboxylic acids is 1. The number of carbonyl (C=O) groups is 1. The van der Waals surface area contributed by atoms with E-state index < -0.39 is 20.0 Å². The first-order valence-electron chi connectivity index (χ1n) is 8.20. The smallest absolute Gasteiger partial charge is 0.261 e. The first kappa shape index (κ1) is 17.8. The third-order valence-electron chi connectivity index (χ3n) is 4.60. The molecule has 1 amide bonds. The lowest BCUT2D eigenvalue weighted by Crippen LogP contribution is -2.27. The molecule has 10 heteroatoms. The van der Waals surface area contributed by atoms with Gasteiger partial charge in [-0.15, -0.1) is 0 Å². The van der Waals surface area contributed by atoms with Gasteiger partial charge >= 0.3 is 0 Å². The summed E-state index contributed by atoms with van der Waals surface area (Å²) < 4.78 is 53.0. The Kier molecular flexibility index (Phi) is 3.93. The molecule has 2 aromatic carbocycles. The molecular formula is C17H17N3O5S2. The fraction of sp³-hybridized carbons (Fsp3) is 0.235. The SMILES string of the molecule is CS(=O)(=O)N1CCc2ccc(NS(=O)(=O)c3ccc4c(c3)CC(=O)N4)cc21. The van der Waals surface area contributed by atoms with E-state index >= 15 is 0 Å². The molecule has 0 saturated carbocycles. The summed E-state index contributed by atoms with van der Waals surface area (Å²) in [5.74, 6) is -0.174. The van der Waals surface area contributed by atoms with Crippen LogP contribution in [0, 0.1) is 0 Å². The number of amides is 1. The molecule has 0 atom stereocenters. The first-order valence-corrected chi connectivity index (χ1v) is 11.5. The lowest BCUT2D eigenvalue weighted by atomic mass is 10.1. The van der Waals surface area contributed by atoms with E-state index in [1.807, 2.05) is 0 Å². The molecule has 142 valence electrons. The summed E-state index contributed by atoms with van der Waals surface area (Å²) in [6.45, 7) is 0.343. The van der Waals surface area contributed by atoms with Crippen molar-refractivity contribution in [2.75, 3.05) is 27.1 Å². The van der Waals surface area contributed by atoms with Crippen LogP contribution in [0.4, 0.5) is 17.1 Å². The van der Waals surface area contributed by atoms with Gasteiger partial charge in [0.05, 0.1) is 28.9 Å². The second-order valence-electron chi connectivity index (χ2n) is 6.58. The van der Waals surface area contributed by atoms with Crippen molar-refractivity contribution in [3.63, 3.8) is 0 Å². The Labute approximate surface area is 157 Å². The predicted molar refractivity (Wildman–Crippen MR) is 102 cm³/mol. The molecule has 0 saturated heterocycles. The van der Waals surface area contributed by atoms with Crippen molar-refractivity contribution >= 4 is 43.0 Å². The summed E-state index contributed by atoms with van der Waals surface area (Å²) in [7, 11) is -7.30. The largest absolute Gasteiger partial charge is 0.326 e. The van der Waals surface area contributed by atoms with Gasteiger partial charge in [0.15, 0.2) is 0 Å². The van der Waals surface area contributed by atoms with Crippen molar-refractivity contribution < 1.29 is 21.6 Å². The van der Waals surface area contributed by atoms with Crippen molar-refractivity contribution in [3.8, 4) is 0 Å². The molecule has 8 nitrogen and oxygen atoms in total. The average molecular weight is 407 g/mol. The quantitative estimate of drug-likeness (QED) is 0.793. The molecule has 0 radical (unpaired) electrons. The highest BCUT2D eigenvalue weighted by Gasteiger charge is 2.27. The molecule has 0 bridgehead atoms. The number of hydrogen-bond acceptors (Lipinski definition) is 5. The maximum Gasteiger partial charge on any atom is 0.261 e. The zero-order valence-electron chi connectivity index (χ0n) is 14.4. The van der Waals surface area contributed by atoms with Gasteiger partial charge in [0, 0.05) is 12.2 Å². The summed E-state index contributed by atoms with van der Waals surface area (Å²) in [6, 6.07) is 9.31. The van der Waals surface area contributed by atoms with E-state index in [0.717, 1.165) is 11.8 Å². The topological polar surface area (TPSA) is 113 Å². The second kappa shape index (κ2) is 5.96. The fourth-order valence-electron chi connectivity index (χ4n) is 3.34. The Hall–Kier alpha value is -2.59. The van der Waals surface area contributed by atoms with Crippen molar-refractivity contribution in [1.82, 2.24) is 0 Å². The number of hydrogen-bond donors (Lipinski definition) is 2. The van der Waals surface area contributed by atoms with Gasteiger partial charge in [0.25, 0.3) is 10.0 Å². The Morgan fingerprint density at radius 3 is 2.56 bits per heavy atom. The minimum absolute atomic E-state index is 0.0400. The summed E-state index contributed by atoms with van der Waals surface area (Å²) in [5.41, 5.74) is 2.85. The Morgan fingerprint density at radius 1 is 1.04 bits per heavy atom. The predicted octanol–water partition coefficient (Wildman–Crippen LogP) is 1.30. The molecule has 2 aliphatic heterocycles. The van der Waals surface area contributed by atoms with E-state index in [1.165, 1.54) is 22.5 Å². The molecule has 0 spiro atoms. The molecule has 0 aromatic heterocycles.